The van der Waals surface area contributed by atoms with E-state index in [1.165, 1.54) is 0 Å². The number of sulfonamides is 1. The first kappa shape index (κ1) is 18.1. The molecule has 0 amide bonds. The van der Waals surface area contributed by atoms with Crippen LogP contribution in [0.1, 0.15) is 5.56 Å². The average molecular weight is 388 g/mol. The molecule has 0 aliphatic heterocycles. The van der Waals surface area contributed by atoms with Crippen LogP contribution in [0.3, 0.4) is 0 Å². The number of aromatic nitrogens is 1. The summed E-state index contributed by atoms with van der Waals surface area (Å²) in [5.41, 5.74) is 5.01. The molecule has 1 aromatic heterocycles. The molecule has 4 rings (SSSR count). The molecule has 140 valence electrons. The molecule has 28 heavy (non-hydrogen) atoms. The van der Waals surface area contributed by atoms with Gasteiger partial charge in [-0.2, -0.15) is 0 Å². The van der Waals surface area contributed by atoms with Crippen molar-refractivity contribution in [3.05, 3.63) is 96.6 Å². The summed E-state index contributed by atoms with van der Waals surface area (Å²) in [4.78, 5) is 3.61. The van der Waals surface area contributed by atoms with Crippen LogP contribution in [0.2, 0.25) is 0 Å². The van der Waals surface area contributed by atoms with Crippen molar-refractivity contribution in [2.75, 3.05) is 4.72 Å². The first-order chi connectivity index (χ1) is 13.5. The van der Waals surface area contributed by atoms with Gasteiger partial charge in [0.05, 0.1) is 16.3 Å². The van der Waals surface area contributed by atoms with Gasteiger partial charge in [-0.15, -0.1) is 0 Å². The van der Waals surface area contributed by atoms with Crippen LogP contribution in [-0.2, 0) is 10.0 Å². The molecule has 0 radical (unpaired) electrons. The quantitative estimate of drug-likeness (QED) is 0.477. The lowest BCUT2D eigenvalue weighted by atomic mass is 10.1. The Kier molecular flexibility index (Phi) is 4.75. The molecule has 4 aromatic rings. The lowest BCUT2D eigenvalue weighted by Gasteiger charge is -2.09. The van der Waals surface area contributed by atoms with Crippen LogP contribution >= 0.6 is 0 Å². The number of hydrogen-bond acceptors (Lipinski definition) is 2. The molecular formula is C23H20N2O2S. The van der Waals surface area contributed by atoms with Crippen LogP contribution in [0.25, 0.3) is 22.5 Å². The Hall–Kier alpha value is -3.31. The predicted molar refractivity (Wildman–Crippen MR) is 114 cm³/mol. The second kappa shape index (κ2) is 7.37. The highest BCUT2D eigenvalue weighted by Crippen LogP contribution is 2.34. The molecule has 0 saturated carbocycles. The Morgan fingerprint density at radius 1 is 0.750 bits per heavy atom. The van der Waals surface area contributed by atoms with Crippen LogP contribution in [0.15, 0.2) is 95.9 Å². The predicted octanol–water partition coefficient (Wildman–Crippen LogP) is 5.46. The van der Waals surface area contributed by atoms with Gasteiger partial charge in [0.1, 0.15) is 0 Å². The standard InChI is InChI=1S/C23H20N2O2S/c1-17-12-14-20(15-13-17)28(26,27)25-22-16-21(18-8-4-2-5-9-18)24-23(22)19-10-6-3-7-11-19/h2-16,24-25H,1H3. The molecule has 3 aromatic carbocycles. The third-order valence-corrected chi connectivity index (χ3v) is 5.92. The summed E-state index contributed by atoms with van der Waals surface area (Å²) < 4.78 is 28.6. The molecule has 4 nitrogen and oxygen atoms in total. The molecule has 0 atom stereocenters. The molecule has 2 N–H and O–H groups in total. The van der Waals surface area contributed by atoms with Gasteiger partial charge < -0.3 is 4.98 Å². The van der Waals surface area contributed by atoms with E-state index in [0.717, 1.165) is 28.1 Å². The van der Waals surface area contributed by atoms with Gasteiger partial charge in [-0.1, -0.05) is 78.4 Å². The zero-order valence-corrected chi connectivity index (χ0v) is 16.2. The van der Waals surface area contributed by atoms with E-state index >= 15 is 0 Å². The number of aryl methyl sites for hydroxylation is 1. The second-order valence-corrected chi connectivity index (χ2v) is 8.30. The van der Waals surface area contributed by atoms with E-state index in [1.807, 2.05) is 73.7 Å². The Labute approximate surface area is 164 Å². The van der Waals surface area contributed by atoms with E-state index in [9.17, 15) is 8.42 Å². The lowest BCUT2D eigenvalue weighted by molar-refractivity contribution is 0.601. The number of anilines is 1. The zero-order chi connectivity index (χ0) is 19.6. The van der Waals surface area contributed by atoms with E-state index in [-0.39, 0.29) is 4.90 Å². The van der Waals surface area contributed by atoms with Crippen LogP contribution in [0, 0.1) is 6.92 Å². The lowest BCUT2D eigenvalue weighted by Crippen LogP contribution is -2.13. The zero-order valence-electron chi connectivity index (χ0n) is 15.4. The smallest absolute Gasteiger partial charge is 0.261 e. The number of hydrogen-bond donors (Lipinski definition) is 2. The number of benzene rings is 3. The van der Waals surface area contributed by atoms with Gasteiger partial charge in [0.15, 0.2) is 0 Å². The SMILES string of the molecule is Cc1ccc(S(=O)(=O)Nc2cc(-c3ccccc3)[nH]c2-c2ccccc2)cc1. The average Bonchev–Trinajstić information content (AvgIpc) is 3.13. The molecular weight excluding hydrogens is 368 g/mol. The van der Waals surface area contributed by atoms with Crippen molar-refractivity contribution in [2.45, 2.75) is 11.8 Å². The Morgan fingerprint density at radius 3 is 1.93 bits per heavy atom. The first-order valence-corrected chi connectivity index (χ1v) is 10.4. The molecule has 0 unspecified atom stereocenters. The molecule has 0 aliphatic carbocycles. The van der Waals surface area contributed by atoms with Gasteiger partial charge in [-0.3, -0.25) is 4.72 Å². The maximum absolute atomic E-state index is 12.9. The van der Waals surface area contributed by atoms with Crippen molar-refractivity contribution < 1.29 is 8.42 Å². The topological polar surface area (TPSA) is 62.0 Å². The summed E-state index contributed by atoms with van der Waals surface area (Å²) in [6.45, 7) is 1.93. The maximum atomic E-state index is 12.9. The van der Waals surface area contributed by atoms with E-state index in [4.69, 9.17) is 0 Å². The van der Waals surface area contributed by atoms with Gasteiger partial charge in [-0.05, 0) is 30.7 Å². The summed E-state index contributed by atoms with van der Waals surface area (Å²) >= 11 is 0. The van der Waals surface area contributed by atoms with Crippen LogP contribution in [0.4, 0.5) is 5.69 Å². The normalized spacial score (nSPS) is 11.3. The fourth-order valence-electron chi connectivity index (χ4n) is 3.06. The van der Waals surface area contributed by atoms with Gasteiger partial charge in [-0.25, -0.2) is 8.42 Å². The number of H-pyrrole nitrogens is 1. The number of rotatable bonds is 5. The number of aromatic amines is 1. The summed E-state index contributed by atoms with van der Waals surface area (Å²) in [5, 5.41) is 0. The highest BCUT2D eigenvalue weighted by molar-refractivity contribution is 7.92. The maximum Gasteiger partial charge on any atom is 0.261 e. The van der Waals surface area contributed by atoms with Crippen molar-refractivity contribution in [3.63, 3.8) is 0 Å². The van der Waals surface area contributed by atoms with Crippen LogP contribution < -0.4 is 4.72 Å². The fraction of sp³-hybridized carbons (Fsp3) is 0.0435. The van der Waals surface area contributed by atoms with Gasteiger partial charge >= 0.3 is 0 Å². The minimum Gasteiger partial charge on any atom is -0.353 e. The van der Waals surface area contributed by atoms with Gasteiger partial charge in [0, 0.05) is 11.3 Å². The van der Waals surface area contributed by atoms with Gasteiger partial charge in [0.25, 0.3) is 10.0 Å². The third-order valence-electron chi connectivity index (χ3n) is 4.54. The summed E-state index contributed by atoms with van der Waals surface area (Å²) in [7, 11) is -3.70. The van der Waals surface area contributed by atoms with E-state index in [2.05, 4.69) is 9.71 Å². The molecule has 0 aliphatic rings. The summed E-state index contributed by atoms with van der Waals surface area (Å²) in [5.74, 6) is 0. The molecule has 0 spiro atoms. The van der Waals surface area contributed by atoms with Crippen molar-refractivity contribution >= 4 is 15.7 Å². The second-order valence-electron chi connectivity index (χ2n) is 6.62. The molecule has 0 saturated heterocycles. The van der Waals surface area contributed by atoms with E-state index < -0.39 is 10.0 Å². The Morgan fingerprint density at radius 2 is 1.32 bits per heavy atom. The van der Waals surface area contributed by atoms with Crippen molar-refractivity contribution in [1.29, 1.82) is 0 Å². The monoisotopic (exact) mass is 388 g/mol. The first-order valence-electron chi connectivity index (χ1n) is 8.96. The summed E-state index contributed by atoms with van der Waals surface area (Å²) in [6.07, 6.45) is 0. The highest BCUT2D eigenvalue weighted by Gasteiger charge is 2.19. The minimum absolute atomic E-state index is 0.236. The fourth-order valence-corrected chi connectivity index (χ4v) is 4.12. The van der Waals surface area contributed by atoms with Gasteiger partial charge in [0.2, 0.25) is 0 Å². The highest BCUT2D eigenvalue weighted by atomic mass is 32.2. The third kappa shape index (κ3) is 3.70. The molecule has 0 fully saturated rings. The largest absolute Gasteiger partial charge is 0.353 e. The van der Waals surface area contributed by atoms with Crippen molar-refractivity contribution in [3.8, 4) is 22.5 Å². The van der Waals surface area contributed by atoms with Crippen molar-refractivity contribution in [1.82, 2.24) is 4.98 Å². The minimum atomic E-state index is -3.70. The molecule has 5 heteroatoms. The van der Waals surface area contributed by atoms with Crippen molar-refractivity contribution in [2.24, 2.45) is 0 Å². The summed E-state index contributed by atoms with van der Waals surface area (Å²) in [6, 6.07) is 28.2. The van der Waals surface area contributed by atoms with Crippen LogP contribution in [0.5, 0.6) is 0 Å². The Bertz CT molecular complexity index is 1180. The van der Waals surface area contributed by atoms with E-state index in [1.54, 1.807) is 24.3 Å². The molecule has 1 heterocycles. The van der Waals surface area contributed by atoms with E-state index in [0.29, 0.717) is 5.69 Å². The molecule has 0 bridgehead atoms. The van der Waals surface area contributed by atoms with Crippen LogP contribution in [-0.4, -0.2) is 13.4 Å². The number of nitrogens with one attached hydrogen (secondary N) is 2. The Balaban J connectivity index is 1.79.